The number of hydrogen-bond donors (Lipinski definition) is 0. The van der Waals surface area contributed by atoms with Crippen molar-refractivity contribution in [2.24, 2.45) is 0 Å². The van der Waals surface area contributed by atoms with E-state index in [4.69, 9.17) is 0 Å². The van der Waals surface area contributed by atoms with Crippen LogP contribution in [0.15, 0.2) is 0 Å². The molecule has 0 N–H and O–H groups in total. The zero-order chi connectivity index (χ0) is 14.0. The molecule has 5 heteroatoms. The molecule has 0 aliphatic rings. The molecule has 0 spiro atoms. The van der Waals surface area contributed by atoms with E-state index in [-0.39, 0.29) is 5.91 Å². The molecule has 1 amide bonds. The van der Waals surface area contributed by atoms with Gasteiger partial charge in [-0.05, 0) is 54.1 Å². The van der Waals surface area contributed by atoms with Crippen molar-refractivity contribution in [3.8, 4) is 0 Å². The Morgan fingerprint density at radius 3 is 1.67 bits per heavy atom. The van der Waals surface area contributed by atoms with Gasteiger partial charge in [-0.1, -0.05) is 15.9 Å². The van der Waals surface area contributed by atoms with Crippen LogP contribution in [0.4, 0.5) is 0 Å². The predicted molar refractivity (Wildman–Crippen MR) is 81.3 cm³/mol. The topological polar surface area (TPSA) is 26.8 Å². The van der Waals surface area contributed by atoms with E-state index in [1.54, 1.807) is 0 Å². The number of nitrogens with zero attached hydrogens (tertiary/aromatic N) is 3. The summed E-state index contributed by atoms with van der Waals surface area (Å²) in [5.74, 6) is 0.268. The van der Waals surface area contributed by atoms with E-state index in [9.17, 15) is 4.79 Å². The average molecular weight is 322 g/mol. The molecule has 0 unspecified atom stereocenters. The average Bonchev–Trinajstić information content (AvgIpc) is 2.26. The summed E-state index contributed by atoms with van der Waals surface area (Å²) >= 11 is 3.34. The van der Waals surface area contributed by atoms with Gasteiger partial charge >= 0.3 is 0 Å². The van der Waals surface area contributed by atoms with Gasteiger partial charge in [0, 0.05) is 24.8 Å². The molecule has 0 rings (SSSR count). The molecule has 18 heavy (non-hydrogen) atoms. The third kappa shape index (κ3) is 9.85. The smallest absolute Gasteiger partial charge is 0.223 e. The van der Waals surface area contributed by atoms with Crippen molar-refractivity contribution in [1.82, 2.24) is 14.7 Å². The molecule has 0 aromatic rings. The van der Waals surface area contributed by atoms with Crippen LogP contribution >= 0.6 is 15.9 Å². The van der Waals surface area contributed by atoms with Crippen LogP contribution in [-0.2, 0) is 4.79 Å². The van der Waals surface area contributed by atoms with Gasteiger partial charge in [-0.2, -0.15) is 0 Å². The third-order valence-corrected chi connectivity index (χ3v) is 3.12. The number of carbonyl (C=O) groups excluding carboxylic acids is 1. The molecule has 4 nitrogen and oxygen atoms in total. The van der Waals surface area contributed by atoms with E-state index < -0.39 is 0 Å². The Balaban J connectivity index is 4.03. The summed E-state index contributed by atoms with van der Waals surface area (Å²) in [7, 11) is 8.26. The quantitative estimate of drug-likeness (QED) is 0.571. The molecule has 0 aromatic carbocycles. The molecule has 0 bridgehead atoms. The molecular formula is C13H28BrN3O. The highest BCUT2D eigenvalue weighted by atomic mass is 79.9. The Hall–Kier alpha value is -0.130. The van der Waals surface area contributed by atoms with Crippen LogP contribution in [0, 0.1) is 0 Å². The van der Waals surface area contributed by atoms with Gasteiger partial charge in [0.2, 0.25) is 5.91 Å². The van der Waals surface area contributed by atoms with Crippen LogP contribution in [0.3, 0.4) is 0 Å². The Morgan fingerprint density at radius 1 is 0.889 bits per heavy atom. The second kappa shape index (κ2) is 10.8. The van der Waals surface area contributed by atoms with Gasteiger partial charge in [0.05, 0.1) is 0 Å². The van der Waals surface area contributed by atoms with Gasteiger partial charge in [0.1, 0.15) is 0 Å². The number of halogens is 1. The molecule has 0 aliphatic carbocycles. The van der Waals surface area contributed by atoms with Crippen molar-refractivity contribution in [1.29, 1.82) is 0 Å². The second-order valence-electron chi connectivity index (χ2n) is 5.13. The number of carbonyl (C=O) groups is 1. The van der Waals surface area contributed by atoms with Crippen molar-refractivity contribution in [3.05, 3.63) is 0 Å². The maximum Gasteiger partial charge on any atom is 0.223 e. The van der Waals surface area contributed by atoms with Crippen molar-refractivity contribution in [3.63, 3.8) is 0 Å². The maximum atomic E-state index is 12.0. The first kappa shape index (κ1) is 17.9. The summed E-state index contributed by atoms with van der Waals surface area (Å²) in [5, 5.41) is 0.754. The van der Waals surface area contributed by atoms with E-state index in [0.29, 0.717) is 6.42 Å². The number of amides is 1. The van der Waals surface area contributed by atoms with E-state index in [1.165, 1.54) is 0 Å². The first-order valence-electron chi connectivity index (χ1n) is 6.60. The van der Waals surface area contributed by atoms with Crippen LogP contribution < -0.4 is 0 Å². The normalized spacial score (nSPS) is 11.3. The fraction of sp³-hybridized carbons (Fsp3) is 0.923. The van der Waals surface area contributed by atoms with Gasteiger partial charge < -0.3 is 14.7 Å². The first-order valence-corrected chi connectivity index (χ1v) is 7.72. The third-order valence-electron chi connectivity index (χ3n) is 2.73. The lowest BCUT2D eigenvalue weighted by Gasteiger charge is -2.24. The SMILES string of the molecule is CN(C)CCCN(CCCN(C)C)C(=O)CCBr. The highest BCUT2D eigenvalue weighted by molar-refractivity contribution is 9.09. The molecule has 0 atom stereocenters. The lowest BCUT2D eigenvalue weighted by atomic mass is 10.3. The summed E-state index contributed by atoms with van der Waals surface area (Å²) in [6.07, 6.45) is 2.69. The highest BCUT2D eigenvalue weighted by Gasteiger charge is 2.12. The molecule has 0 heterocycles. The Bertz CT molecular complexity index is 208. The highest BCUT2D eigenvalue weighted by Crippen LogP contribution is 2.02. The van der Waals surface area contributed by atoms with E-state index >= 15 is 0 Å². The maximum absolute atomic E-state index is 12.0. The van der Waals surface area contributed by atoms with Gasteiger partial charge in [-0.15, -0.1) is 0 Å². The molecule has 0 radical (unpaired) electrons. The van der Waals surface area contributed by atoms with Gasteiger partial charge in [0.15, 0.2) is 0 Å². The lowest BCUT2D eigenvalue weighted by Crippen LogP contribution is -2.35. The summed E-state index contributed by atoms with van der Waals surface area (Å²) in [5.41, 5.74) is 0. The molecule has 0 aliphatic heterocycles. The zero-order valence-corrected chi connectivity index (χ0v) is 13.9. The molecule has 0 saturated carbocycles. The first-order chi connectivity index (χ1) is 8.47. The fourth-order valence-electron chi connectivity index (χ4n) is 1.76. The summed E-state index contributed by atoms with van der Waals surface area (Å²) in [6, 6.07) is 0. The van der Waals surface area contributed by atoms with Crippen LogP contribution in [0.2, 0.25) is 0 Å². The Kier molecular flexibility index (Phi) is 10.7. The molecule has 0 saturated heterocycles. The largest absolute Gasteiger partial charge is 0.343 e. The number of alkyl halides is 1. The van der Waals surface area contributed by atoms with Gasteiger partial charge in [-0.25, -0.2) is 0 Å². The standard InChI is InChI=1S/C13H28BrN3O/c1-15(2)9-5-11-17(13(18)7-8-14)12-6-10-16(3)4/h5-12H2,1-4H3. The van der Waals surface area contributed by atoms with Crippen molar-refractivity contribution in [2.45, 2.75) is 19.3 Å². The number of hydrogen-bond acceptors (Lipinski definition) is 3. The minimum absolute atomic E-state index is 0.268. The van der Waals surface area contributed by atoms with E-state index in [1.807, 2.05) is 4.90 Å². The van der Waals surface area contributed by atoms with Crippen molar-refractivity contribution in [2.75, 3.05) is 59.7 Å². The van der Waals surface area contributed by atoms with Crippen LogP contribution in [0.25, 0.3) is 0 Å². The van der Waals surface area contributed by atoms with Gasteiger partial charge in [-0.3, -0.25) is 4.79 Å². The predicted octanol–water partition coefficient (Wildman–Crippen LogP) is 1.50. The van der Waals surface area contributed by atoms with E-state index in [2.05, 4.69) is 53.9 Å². The zero-order valence-electron chi connectivity index (χ0n) is 12.3. The van der Waals surface area contributed by atoms with Crippen LogP contribution in [0.5, 0.6) is 0 Å². The summed E-state index contributed by atoms with van der Waals surface area (Å²) in [6.45, 7) is 3.81. The van der Waals surface area contributed by atoms with E-state index in [0.717, 1.165) is 44.4 Å². The summed E-state index contributed by atoms with van der Waals surface area (Å²) < 4.78 is 0. The minimum atomic E-state index is 0.268. The Labute approximate surface area is 120 Å². The Morgan fingerprint density at radius 2 is 1.33 bits per heavy atom. The summed E-state index contributed by atoms with van der Waals surface area (Å²) in [4.78, 5) is 18.3. The molecular weight excluding hydrogens is 294 g/mol. The van der Waals surface area contributed by atoms with Crippen LogP contribution in [-0.4, -0.2) is 80.3 Å². The van der Waals surface area contributed by atoms with Crippen molar-refractivity contribution >= 4 is 21.8 Å². The fourth-order valence-corrected chi connectivity index (χ4v) is 2.09. The van der Waals surface area contributed by atoms with Gasteiger partial charge in [0.25, 0.3) is 0 Å². The molecule has 0 fully saturated rings. The number of rotatable bonds is 10. The van der Waals surface area contributed by atoms with Crippen LogP contribution in [0.1, 0.15) is 19.3 Å². The monoisotopic (exact) mass is 321 g/mol. The lowest BCUT2D eigenvalue weighted by molar-refractivity contribution is -0.130. The molecule has 108 valence electrons. The molecule has 0 aromatic heterocycles. The second-order valence-corrected chi connectivity index (χ2v) is 5.93. The minimum Gasteiger partial charge on any atom is -0.343 e. The van der Waals surface area contributed by atoms with Crippen molar-refractivity contribution < 1.29 is 4.79 Å².